The molecule has 0 bridgehead atoms. The Kier molecular flexibility index (Phi) is 424. The fourth-order valence-corrected chi connectivity index (χ4v) is 4.97. The third kappa shape index (κ3) is 589. The molecule has 0 amide bonds. The van der Waals surface area contributed by atoms with Gasteiger partial charge in [0.2, 0.25) is 11.8 Å². The highest BCUT2D eigenvalue weighted by Crippen LogP contribution is 2.24. The summed E-state index contributed by atoms with van der Waals surface area (Å²) in [5.74, 6) is 7.16. The van der Waals surface area contributed by atoms with Gasteiger partial charge in [-0.15, -0.1) is 43.1 Å². The molecule has 0 atom stereocenters. The van der Waals surface area contributed by atoms with E-state index in [0.29, 0.717) is 22.6 Å². The van der Waals surface area contributed by atoms with Crippen molar-refractivity contribution < 1.29 is 17.8 Å². The summed E-state index contributed by atoms with van der Waals surface area (Å²) in [5.41, 5.74) is 2.92. The lowest BCUT2D eigenvalue weighted by molar-refractivity contribution is 0.380. The van der Waals surface area contributed by atoms with Crippen LogP contribution in [0.2, 0.25) is 0 Å². The van der Waals surface area contributed by atoms with Gasteiger partial charge in [0.1, 0.15) is 22.5 Å². The van der Waals surface area contributed by atoms with Crippen LogP contribution in [0.15, 0.2) is 199 Å². The predicted molar refractivity (Wildman–Crippen MR) is 714 cm³/mol. The van der Waals surface area contributed by atoms with Crippen molar-refractivity contribution in [3.63, 3.8) is 0 Å². The van der Waals surface area contributed by atoms with Crippen LogP contribution in [0.25, 0.3) is 0 Å². The molecule has 17 nitrogen and oxygen atoms in total. The number of hydrogen-bond donors (Lipinski definition) is 3. The lowest BCUT2D eigenvalue weighted by atomic mass is 9.97. The second-order valence-electron chi connectivity index (χ2n) is 31.6. The van der Waals surface area contributed by atoms with Gasteiger partial charge in [-0.3, -0.25) is 10.1 Å². The minimum absolute atomic E-state index is 0.0265. The summed E-state index contributed by atoms with van der Waals surface area (Å²) < 4.78 is 22.4. The van der Waals surface area contributed by atoms with Crippen molar-refractivity contribution in [1.82, 2.24) is 65.0 Å². The first-order chi connectivity index (χ1) is 70.6. The quantitative estimate of drug-likeness (QED) is 0.128. The van der Waals surface area contributed by atoms with E-state index in [1.54, 1.807) is 121 Å². The van der Waals surface area contributed by atoms with E-state index in [4.69, 9.17) is 4.42 Å². The summed E-state index contributed by atoms with van der Waals surface area (Å²) in [5, 5.41) is 35.3. The number of aromatic nitrogens is 13. The summed E-state index contributed by atoms with van der Waals surface area (Å²) in [7, 11) is 0. The molecule has 0 aliphatic carbocycles. The molecule has 0 aliphatic rings. The van der Waals surface area contributed by atoms with Gasteiger partial charge in [-0.1, -0.05) is 578 Å². The topological polar surface area (TPSA) is 229 Å². The fraction of sp³-hybridized carbons (Fsp3) is 0.734. The molecular weight excluding hydrogens is 1910 g/mol. The average Bonchev–Trinajstić information content (AvgIpc) is 1.74. The summed E-state index contributed by atoms with van der Waals surface area (Å²) in [6.07, 6.45) is 26.6. The number of furan rings is 1. The van der Waals surface area contributed by atoms with E-state index in [9.17, 15) is 0 Å². The van der Waals surface area contributed by atoms with Crippen molar-refractivity contribution in [2.75, 3.05) is 0 Å². The summed E-state index contributed by atoms with van der Waals surface area (Å²) in [6.45, 7) is 171. The fourth-order valence-electron chi connectivity index (χ4n) is 3.06. The van der Waals surface area contributed by atoms with E-state index in [2.05, 4.69) is 300 Å². The summed E-state index contributed by atoms with van der Waals surface area (Å²) in [6, 6.07) is 17.1. The predicted octanol–water partition coefficient (Wildman–Crippen LogP) is 51.7. The van der Waals surface area contributed by atoms with Crippen LogP contribution in [-0.2, 0) is 10.8 Å². The molecule has 11 aromatic rings. The van der Waals surface area contributed by atoms with Crippen molar-refractivity contribution in [1.29, 1.82) is 0 Å². The summed E-state index contributed by atoms with van der Waals surface area (Å²) in [4.78, 5) is 16.6. The molecule has 149 heavy (non-hydrogen) atoms. The van der Waals surface area contributed by atoms with Crippen LogP contribution < -0.4 is 0 Å². The van der Waals surface area contributed by atoms with Crippen molar-refractivity contribution in [2.45, 2.75) is 586 Å². The van der Waals surface area contributed by atoms with Gasteiger partial charge in [0.25, 0.3) is 0 Å². The van der Waals surface area contributed by atoms with Gasteiger partial charge in [-0.2, -0.15) is 16.4 Å². The normalized spacial score (nSPS) is 7.45. The average molecular weight is 2200 g/mol. The molecule has 914 valence electrons. The first-order valence-electron chi connectivity index (χ1n) is 58.4. The molecular formula is C128H289N13O4S4. The molecule has 0 aromatic carbocycles. The Balaban J connectivity index is -0.0000000317. The number of aryl methyl sites for hydroxylation is 2. The molecule has 0 saturated heterocycles. The number of thiazole rings is 1. The number of imidazole rings is 1. The van der Waals surface area contributed by atoms with Crippen LogP contribution >= 0.6 is 45.5 Å². The highest BCUT2D eigenvalue weighted by Gasteiger charge is 2.20. The zero-order chi connectivity index (χ0) is 127. The molecule has 11 heterocycles. The van der Waals surface area contributed by atoms with Crippen molar-refractivity contribution in [3.8, 4) is 0 Å². The number of H-pyrrole nitrogens is 3. The van der Waals surface area contributed by atoms with Crippen molar-refractivity contribution in [3.05, 3.63) is 203 Å². The van der Waals surface area contributed by atoms with Crippen molar-refractivity contribution in [2.24, 2.45) is 52.3 Å². The van der Waals surface area contributed by atoms with Crippen LogP contribution in [0.3, 0.4) is 0 Å². The molecule has 11 aromatic heterocycles. The van der Waals surface area contributed by atoms with Crippen LogP contribution in [-0.4, -0.2) is 65.0 Å². The second kappa shape index (κ2) is 271. The minimum Gasteiger partial charge on any atom is -0.473 e. The van der Waals surface area contributed by atoms with E-state index in [0.717, 1.165) is 51.4 Å². The molecule has 0 spiro atoms. The maximum Gasteiger partial charge on any atom is 0.221 e. The maximum absolute atomic E-state index is 5.23. The molecule has 0 fully saturated rings. The Hall–Kier alpha value is -6.94. The Morgan fingerprint density at radius 1 is 0.275 bits per heavy atom. The van der Waals surface area contributed by atoms with Gasteiger partial charge in [0.05, 0.1) is 36.8 Å². The minimum atomic E-state index is -0.0265. The molecule has 0 radical (unpaired) electrons. The van der Waals surface area contributed by atoms with E-state index in [1.165, 1.54) is 30.5 Å². The molecule has 11 rings (SSSR count). The van der Waals surface area contributed by atoms with Gasteiger partial charge in [-0.25, -0.2) is 14.3 Å². The number of hydrogen-bond acceptors (Lipinski definition) is 18. The van der Waals surface area contributed by atoms with Crippen LogP contribution in [0, 0.1) is 66.1 Å². The maximum atomic E-state index is 5.23. The SMILES string of the molecule is CC.CC.CC.CC.CC.CC.CC.CC.CC.CC.CC.CC.CC.CC.CC.CC.CC.CC.CC.CC.CC.CC.CC.CC(C)(C)C.CC(C)(C)C.CC(C)C.CC(C)C.CC(C)C.CC(C)C.CC(C)C.CC(C)C.CC(C)C.Cc1nnc(C(C)(C)C)o1.Cc1nnc(C(C)(C)C)s1.c1c[nH]cn1.c1cc[nH]c1.c1ccoc1.c1ccsc1.c1cn[nH]c1.c1cnoc1.c1cnsc1.c1cocn1.c1cscn1. The molecule has 0 unspecified atom stereocenters. The van der Waals surface area contributed by atoms with Crippen LogP contribution in [0.5, 0.6) is 0 Å². The third-order valence-corrected chi connectivity index (χ3v) is 8.82. The van der Waals surface area contributed by atoms with E-state index < -0.39 is 0 Å². The smallest absolute Gasteiger partial charge is 0.221 e. The largest absolute Gasteiger partial charge is 0.473 e. The number of thiophene rings is 1. The zero-order valence-electron chi connectivity index (χ0n) is 118. The Labute approximate surface area is 962 Å². The number of nitrogens with one attached hydrogen (secondary N) is 3. The van der Waals surface area contributed by atoms with E-state index in [-0.39, 0.29) is 10.8 Å². The van der Waals surface area contributed by atoms with Gasteiger partial charge in [-0.05, 0) is 124 Å². The second-order valence-corrected chi connectivity index (χ2v) is 35.1. The number of oxazole rings is 1. The molecule has 3 N–H and O–H groups in total. The molecule has 0 saturated carbocycles. The molecule has 21 heteroatoms. The van der Waals surface area contributed by atoms with Crippen LogP contribution in [0.4, 0.5) is 0 Å². The number of aromatic amines is 3. The van der Waals surface area contributed by atoms with Gasteiger partial charge >= 0.3 is 0 Å². The van der Waals surface area contributed by atoms with E-state index in [1.807, 2.05) is 429 Å². The number of rotatable bonds is 0. The van der Waals surface area contributed by atoms with Gasteiger partial charge in [0.15, 0.2) is 6.39 Å². The lowest BCUT2D eigenvalue weighted by Crippen LogP contribution is -2.11. The highest BCUT2D eigenvalue weighted by atomic mass is 32.1. The van der Waals surface area contributed by atoms with E-state index >= 15 is 0 Å². The van der Waals surface area contributed by atoms with Gasteiger partial charge < -0.3 is 27.7 Å². The van der Waals surface area contributed by atoms with Crippen LogP contribution in [0.1, 0.15) is 583 Å². The Bertz CT molecular complexity index is 2220. The monoisotopic (exact) mass is 2200 g/mol. The standard InChI is InChI=1S/C7H12N2O.C7H12N2S.2C5H12.C4H5N.C4H4O.C4H4S.7C4H10.2C3H4N2.2C3H3NO.2C3H3NS.23C2H6/c2*1-5-8-9-6(10-5)7(2,3)4;2*1-5(2,3)4;3*1-2-4-5-3-1;7*1-4(2)3;1-2-5-3-4-1;1-2-4-5-3-1;1-2-5-3-4-1;1-2-4-5-3-1;1-2-5-3-4-1;1-2-4-5-3-1;23*1-2/h2*1-4H3;2*1-4H3;1-5H;2*1-4H;7*4H,1-3H3;2*1-3H,(H,4,5);4*1-3H;23*1-2H3. The van der Waals surface area contributed by atoms with Gasteiger partial charge in [0, 0.05) is 78.1 Å². The Morgan fingerprint density at radius 3 is 0.705 bits per heavy atom. The number of nitrogens with zero attached hydrogens (tertiary/aromatic N) is 10. The lowest BCUT2D eigenvalue weighted by Gasteiger charge is -2.12. The Morgan fingerprint density at radius 2 is 0.617 bits per heavy atom. The highest BCUT2D eigenvalue weighted by molar-refractivity contribution is 7.11. The zero-order valence-corrected chi connectivity index (χ0v) is 121. The van der Waals surface area contributed by atoms with Crippen molar-refractivity contribution >= 4 is 45.5 Å². The summed E-state index contributed by atoms with van der Waals surface area (Å²) >= 11 is 6.45. The first-order valence-corrected chi connectivity index (χ1v) is 62.0. The third-order valence-electron chi connectivity index (χ3n) is 5.88. The molecule has 0 aliphatic heterocycles. The first kappa shape index (κ1) is 233.